The van der Waals surface area contributed by atoms with Gasteiger partial charge in [0.1, 0.15) is 6.61 Å². The first kappa shape index (κ1) is 24.7. The maximum Gasteiger partial charge on any atom is 0.335 e. The molecule has 3 fully saturated rings. The van der Waals surface area contributed by atoms with Crippen LogP contribution in [0.4, 0.5) is 0 Å². The predicted molar refractivity (Wildman–Crippen MR) is 136 cm³/mol. The van der Waals surface area contributed by atoms with E-state index in [-0.39, 0.29) is 28.9 Å². The molecule has 5 heteroatoms. The summed E-state index contributed by atoms with van der Waals surface area (Å²) in [5, 5.41) is 3.71. The van der Waals surface area contributed by atoms with Crippen LogP contribution in [0.5, 0.6) is 0 Å². The Labute approximate surface area is 210 Å². The minimum absolute atomic E-state index is 0.0139. The zero-order valence-corrected chi connectivity index (χ0v) is 21.8. The van der Waals surface area contributed by atoms with Crippen LogP contribution in [0.25, 0.3) is 0 Å². The average Bonchev–Trinajstić information content (AvgIpc) is 3.25. The molecule has 1 aromatic rings. The molecule has 2 saturated carbocycles. The number of carbonyl (C=O) groups is 1. The van der Waals surface area contributed by atoms with E-state index in [4.69, 9.17) is 14.2 Å². The average molecular weight is 480 g/mol. The van der Waals surface area contributed by atoms with Crippen LogP contribution in [0.15, 0.2) is 54.1 Å². The molecule has 2 aliphatic heterocycles. The fourth-order valence-corrected chi connectivity index (χ4v) is 7.55. The Morgan fingerprint density at radius 1 is 1.11 bits per heavy atom. The van der Waals surface area contributed by atoms with Crippen LogP contribution in [0, 0.1) is 22.7 Å². The second-order valence-corrected chi connectivity index (χ2v) is 12.1. The summed E-state index contributed by atoms with van der Waals surface area (Å²) in [4.78, 5) is 12.6. The number of hydrogen-bond donors (Lipinski definition) is 1. The van der Waals surface area contributed by atoms with Crippen LogP contribution < -0.4 is 5.32 Å². The van der Waals surface area contributed by atoms with Gasteiger partial charge in [-0.25, -0.2) is 4.79 Å². The normalized spacial score (nSPS) is 37.1. The molecule has 2 aliphatic carbocycles. The molecular weight excluding hydrogens is 438 g/mol. The van der Waals surface area contributed by atoms with Gasteiger partial charge in [-0.3, -0.25) is 0 Å². The number of ether oxygens (including phenoxy) is 3. The van der Waals surface area contributed by atoms with E-state index in [0.717, 1.165) is 44.3 Å². The van der Waals surface area contributed by atoms with Gasteiger partial charge in [-0.15, -0.1) is 0 Å². The lowest BCUT2D eigenvalue weighted by atomic mass is 9.45. The van der Waals surface area contributed by atoms with Crippen LogP contribution in [-0.2, 0) is 25.5 Å². The lowest BCUT2D eigenvalue weighted by Gasteiger charge is -2.63. The van der Waals surface area contributed by atoms with Crippen molar-refractivity contribution in [1.29, 1.82) is 0 Å². The Bertz CT molecular complexity index is 1000. The van der Waals surface area contributed by atoms with Crippen molar-refractivity contribution in [2.45, 2.75) is 84.3 Å². The van der Waals surface area contributed by atoms with E-state index >= 15 is 0 Å². The number of hydrogen-bond acceptors (Lipinski definition) is 5. The van der Waals surface area contributed by atoms with Gasteiger partial charge in [0.25, 0.3) is 0 Å². The fourth-order valence-electron chi connectivity index (χ4n) is 7.55. The summed E-state index contributed by atoms with van der Waals surface area (Å²) in [6.45, 7) is 15.3. The summed E-state index contributed by atoms with van der Waals surface area (Å²) in [7, 11) is 0. The number of nitrogens with one attached hydrogen (secondary N) is 1. The maximum atomic E-state index is 12.6. The van der Waals surface area contributed by atoms with Crippen molar-refractivity contribution < 1.29 is 19.0 Å². The number of carbonyl (C=O) groups excluding carboxylic acids is 1. The number of cyclic esters (lactones) is 1. The minimum Gasteiger partial charge on any atom is -0.458 e. The molecule has 0 bridgehead atoms. The molecule has 5 rings (SSSR count). The Morgan fingerprint density at radius 2 is 1.89 bits per heavy atom. The lowest BCUT2D eigenvalue weighted by molar-refractivity contribution is -0.344. The standard InChI is InChI=1S/C30H41NO4/c1-20-11-12-25-29(4,15-13-26-30(25,5)19-34-28(2,3)35-26)23(20)17-24(22-14-16-33-27(22)32)31-18-21-9-7-6-8-10-21/h6-10,14,23-26,31H,1,11-13,15-19H2,2-5H3. The van der Waals surface area contributed by atoms with Crippen molar-refractivity contribution in [2.24, 2.45) is 22.7 Å². The summed E-state index contributed by atoms with van der Waals surface area (Å²) in [6.07, 6.45) is 7.31. The van der Waals surface area contributed by atoms with Crippen molar-refractivity contribution in [3.63, 3.8) is 0 Å². The number of fused-ring (bicyclic) bond motifs is 3. The van der Waals surface area contributed by atoms with Crippen LogP contribution in [0.3, 0.4) is 0 Å². The molecular formula is C30H41NO4. The Balaban J connectivity index is 1.41. The molecule has 1 saturated heterocycles. The topological polar surface area (TPSA) is 56.8 Å². The van der Waals surface area contributed by atoms with Gasteiger partial charge in [0.2, 0.25) is 0 Å². The first-order valence-electron chi connectivity index (χ1n) is 13.3. The maximum absolute atomic E-state index is 12.6. The van der Waals surface area contributed by atoms with Gasteiger partial charge < -0.3 is 19.5 Å². The highest BCUT2D eigenvalue weighted by Crippen LogP contribution is 2.64. The zero-order chi connectivity index (χ0) is 24.8. The second-order valence-electron chi connectivity index (χ2n) is 12.1. The Morgan fingerprint density at radius 3 is 2.60 bits per heavy atom. The van der Waals surface area contributed by atoms with Crippen LogP contribution in [0.2, 0.25) is 0 Å². The zero-order valence-electron chi connectivity index (χ0n) is 21.8. The first-order chi connectivity index (χ1) is 16.6. The third-order valence-electron chi connectivity index (χ3n) is 9.47. The molecule has 35 heavy (non-hydrogen) atoms. The minimum atomic E-state index is -0.517. The van der Waals surface area contributed by atoms with Gasteiger partial charge in [0, 0.05) is 18.0 Å². The predicted octanol–water partition coefficient (Wildman–Crippen LogP) is 5.56. The van der Waals surface area contributed by atoms with Gasteiger partial charge >= 0.3 is 5.97 Å². The van der Waals surface area contributed by atoms with E-state index in [2.05, 4.69) is 50.0 Å². The smallest absolute Gasteiger partial charge is 0.335 e. The molecule has 0 amide bonds. The summed E-state index contributed by atoms with van der Waals surface area (Å²) in [5.74, 6) is 0.0963. The molecule has 1 aromatic carbocycles. The number of benzene rings is 1. The van der Waals surface area contributed by atoms with Crippen molar-refractivity contribution in [3.8, 4) is 0 Å². The summed E-state index contributed by atoms with van der Waals surface area (Å²) in [5.41, 5.74) is 3.38. The van der Waals surface area contributed by atoms with Gasteiger partial charge in [-0.1, -0.05) is 56.3 Å². The highest BCUT2D eigenvalue weighted by Gasteiger charge is 2.61. The summed E-state index contributed by atoms with van der Waals surface area (Å²) in [6, 6.07) is 10.3. The van der Waals surface area contributed by atoms with E-state index in [9.17, 15) is 4.79 Å². The van der Waals surface area contributed by atoms with E-state index in [1.165, 1.54) is 11.1 Å². The third kappa shape index (κ3) is 4.52. The number of rotatable bonds is 6. The molecule has 6 atom stereocenters. The number of esters is 1. The monoisotopic (exact) mass is 479 g/mol. The largest absolute Gasteiger partial charge is 0.458 e. The second kappa shape index (κ2) is 9.17. The Kier molecular flexibility index (Phi) is 6.48. The van der Waals surface area contributed by atoms with E-state index < -0.39 is 5.79 Å². The molecule has 190 valence electrons. The van der Waals surface area contributed by atoms with Gasteiger partial charge in [0.15, 0.2) is 5.79 Å². The van der Waals surface area contributed by atoms with Crippen molar-refractivity contribution >= 4 is 5.97 Å². The van der Waals surface area contributed by atoms with Gasteiger partial charge in [-0.2, -0.15) is 0 Å². The molecule has 0 aromatic heterocycles. The van der Waals surface area contributed by atoms with Crippen molar-refractivity contribution in [2.75, 3.05) is 13.2 Å². The molecule has 0 spiro atoms. The highest BCUT2D eigenvalue weighted by molar-refractivity contribution is 5.91. The Hall–Kier alpha value is -1.95. The van der Waals surface area contributed by atoms with Gasteiger partial charge in [-0.05, 0) is 74.8 Å². The number of allylic oxidation sites excluding steroid dienone is 1. The first-order valence-corrected chi connectivity index (χ1v) is 13.3. The summed E-state index contributed by atoms with van der Waals surface area (Å²) >= 11 is 0. The van der Waals surface area contributed by atoms with E-state index in [1.807, 2.05) is 26.0 Å². The molecule has 6 unspecified atom stereocenters. The van der Waals surface area contributed by atoms with Crippen molar-refractivity contribution in [3.05, 3.63) is 59.7 Å². The van der Waals surface area contributed by atoms with Crippen LogP contribution in [-0.4, -0.2) is 37.1 Å². The van der Waals surface area contributed by atoms with Gasteiger partial charge in [0.05, 0.1) is 18.3 Å². The SMILES string of the molecule is C=C1CCC2C3(C)COC(C)(C)OC3CCC2(C)C1CC(NCc1ccccc1)C1=CCOC1=O. The van der Waals surface area contributed by atoms with Crippen LogP contribution >= 0.6 is 0 Å². The highest BCUT2D eigenvalue weighted by atomic mass is 16.7. The molecule has 5 nitrogen and oxygen atoms in total. The van der Waals surface area contributed by atoms with E-state index in [0.29, 0.717) is 25.0 Å². The molecule has 0 radical (unpaired) electrons. The fraction of sp³-hybridized carbons (Fsp3) is 0.633. The summed E-state index contributed by atoms with van der Waals surface area (Å²) < 4.78 is 18.0. The quantitative estimate of drug-likeness (QED) is 0.428. The molecule has 4 aliphatic rings. The van der Waals surface area contributed by atoms with E-state index in [1.54, 1.807) is 0 Å². The molecule has 1 N–H and O–H groups in total. The lowest BCUT2D eigenvalue weighted by Crippen LogP contribution is -2.63. The van der Waals surface area contributed by atoms with Crippen molar-refractivity contribution in [1.82, 2.24) is 5.32 Å². The third-order valence-corrected chi connectivity index (χ3v) is 9.47. The van der Waals surface area contributed by atoms with Crippen LogP contribution in [0.1, 0.15) is 65.4 Å². The molecule has 2 heterocycles.